The summed E-state index contributed by atoms with van der Waals surface area (Å²) in [6.45, 7) is 7.98. The molecule has 0 heterocycles. The van der Waals surface area contributed by atoms with Crippen LogP contribution < -0.4 is 0 Å². The predicted octanol–water partition coefficient (Wildman–Crippen LogP) is 5.45. The van der Waals surface area contributed by atoms with Crippen molar-refractivity contribution >= 4 is 33.4 Å². The number of hydrogen-bond donors (Lipinski definition) is 0. The standard InChI is InChI=1S/C22H28N2O2S2/c1-15(2)23(5)21(25)17-11-7-9-13-19(17)27-28-20-14-10-8-12-18(20)22(26)24(6)16(3)4/h7-16H,1-6H3. The minimum atomic E-state index is 0.00241. The molecule has 150 valence electrons. The molecule has 2 rings (SSSR count). The summed E-state index contributed by atoms with van der Waals surface area (Å²) in [5.41, 5.74) is 1.36. The fourth-order valence-electron chi connectivity index (χ4n) is 2.37. The summed E-state index contributed by atoms with van der Waals surface area (Å²) in [5, 5.41) is 0. The van der Waals surface area contributed by atoms with Crippen LogP contribution in [-0.2, 0) is 0 Å². The summed E-state index contributed by atoms with van der Waals surface area (Å²) in [6, 6.07) is 15.5. The van der Waals surface area contributed by atoms with Crippen LogP contribution in [0.15, 0.2) is 58.3 Å². The Kier molecular flexibility index (Phi) is 8.01. The Morgan fingerprint density at radius 2 is 1.00 bits per heavy atom. The van der Waals surface area contributed by atoms with E-state index < -0.39 is 0 Å². The Bertz CT molecular complexity index is 767. The molecule has 0 saturated heterocycles. The summed E-state index contributed by atoms with van der Waals surface area (Å²) >= 11 is 0. The minimum absolute atomic E-state index is 0.00241. The lowest BCUT2D eigenvalue weighted by molar-refractivity contribution is 0.0743. The van der Waals surface area contributed by atoms with Gasteiger partial charge in [-0.15, -0.1) is 0 Å². The van der Waals surface area contributed by atoms with Gasteiger partial charge in [0.2, 0.25) is 0 Å². The van der Waals surface area contributed by atoms with Gasteiger partial charge >= 0.3 is 0 Å². The molecule has 0 bridgehead atoms. The van der Waals surface area contributed by atoms with Crippen molar-refractivity contribution in [3.63, 3.8) is 0 Å². The Morgan fingerprint density at radius 1 is 0.679 bits per heavy atom. The Labute approximate surface area is 176 Å². The normalized spacial score (nSPS) is 11.0. The highest BCUT2D eigenvalue weighted by Crippen LogP contribution is 2.41. The largest absolute Gasteiger partial charge is 0.339 e. The van der Waals surface area contributed by atoms with Crippen molar-refractivity contribution in [1.82, 2.24) is 9.80 Å². The van der Waals surface area contributed by atoms with Crippen molar-refractivity contribution in [1.29, 1.82) is 0 Å². The summed E-state index contributed by atoms with van der Waals surface area (Å²) in [4.78, 5) is 30.9. The van der Waals surface area contributed by atoms with Crippen molar-refractivity contribution in [3.05, 3.63) is 59.7 Å². The van der Waals surface area contributed by atoms with Crippen molar-refractivity contribution < 1.29 is 9.59 Å². The second kappa shape index (κ2) is 10.0. The Morgan fingerprint density at radius 3 is 1.32 bits per heavy atom. The molecule has 4 nitrogen and oxygen atoms in total. The van der Waals surface area contributed by atoms with Crippen LogP contribution in [0.25, 0.3) is 0 Å². The van der Waals surface area contributed by atoms with Gasteiger partial charge in [0, 0.05) is 36.0 Å². The van der Waals surface area contributed by atoms with Crippen LogP contribution >= 0.6 is 21.6 Å². The van der Waals surface area contributed by atoms with E-state index in [0.29, 0.717) is 11.1 Å². The van der Waals surface area contributed by atoms with Crippen LogP contribution in [0.3, 0.4) is 0 Å². The molecular formula is C22H28N2O2S2. The molecule has 0 saturated carbocycles. The monoisotopic (exact) mass is 416 g/mol. The van der Waals surface area contributed by atoms with E-state index in [0.717, 1.165) is 9.79 Å². The molecule has 0 atom stereocenters. The topological polar surface area (TPSA) is 40.6 Å². The molecule has 2 aromatic carbocycles. The van der Waals surface area contributed by atoms with E-state index in [1.807, 2.05) is 90.3 Å². The average Bonchev–Trinajstić information content (AvgIpc) is 2.70. The van der Waals surface area contributed by atoms with Gasteiger partial charge in [-0.2, -0.15) is 0 Å². The van der Waals surface area contributed by atoms with Crippen LogP contribution in [-0.4, -0.2) is 47.8 Å². The summed E-state index contributed by atoms with van der Waals surface area (Å²) < 4.78 is 0. The highest BCUT2D eigenvalue weighted by Gasteiger charge is 2.20. The van der Waals surface area contributed by atoms with E-state index in [2.05, 4.69) is 0 Å². The third kappa shape index (κ3) is 5.32. The molecule has 0 aliphatic carbocycles. The fraction of sp³-hybridized carbons (Fsp3) is 0.364. The van der Waals surface area contributed by atoms with Crippen molar-refractivity contribution in [3.8, 4) is 0 Å². The first-order chi connectivity index (χ1) is 13.2. The molecule has 0 aromatic heterocycles. The Balaban J connectivity index is 2.25. The molecule has 6 heteroatoms. The van der Waals surface area contributed by atoms with Crippen LogP contribution in [0, 0.1) is 0 Å². The maximum absolute atomic E-state index is 12.8. The van der Waals surface area contributed by atoms with Gasteiger partial charge in [-0.25, -0.2) is 0 Å². The zero-order valence-corrected chi connectivity index (χ0v) is 18.9. The molecule has 2 amide bonds. The smallest absolute Gasteiger partial charge is 0.254 e. The van der Waals surface area contributed by atoms with Gasteiger partial charge in [0.25, 0.3) is 11.8 Å². The minimum Gasteiger partial charge on any atom is -0.339 e. The molecule has 0 radical (unpaired) electrons. The second-order valence-electron chi connectivity index (χ2n) is 7.18. The van der Waals surface area contributed by atoms with Crippen LogP contribution in [0.2, 0.25) is 0 Å². The molecule has 0 aliphatic heterocycles. The van der Waals surface area contributed by atoms with E-state index in [-0.39, 0.29) is 23.9 Å². The zero-order valence-electron chi connectivity index (χ0n) is 17.3. The predicted molar refractivity (Wildman–Crippen MR) is 119 cm³/mol. The molecule has 0 spiro atoms. The van der Waals surface area contributed by atoms with E-state index >= 15 is 0 Å². The van der Waals surface area contributed by atoms with Gasteiger partial charge < -0.3 is 9.80 Å². The van der Waals surface area contributed by atoms with Crippen molar-refractivity contribution in [2.45, 2.75) is 49.6 Å². The quantitative estimate of drug-likeness (QED) is 0.563. The number of nitrogens with zero attached hydrogens (tertiary/aromatic N) is 2. The van der Waals surface area contributed by atoms with Gasteiger partial charge in [0.1, 0.15) is 0 Å². The molecule has 0 unspecified atom stereocenters. The molecular weight excluding hydrogens is 388 g/mol. The summed E-state index contributed by atoms with van der Waals surface area (Å²) in [6.07, 6.45) is 0. The molecule has 0 fully saturated rings. The maximum atomic E-state index is 12.8. The van der Waals surface area contributed by atoms with Gasteiger partial charge in [-0.3, -0.25) is 9.59 Å². The van der Waals surface area contributed by atoms with Gasteiger partial charge in [0.15, 0.2) is 0 Å². The van der Waals surface area contributed by atoms with E-state index in [1.54, 1.807) is 9.80 Å². The highest BCUT2D eigenvalue weighted by molar-refractivity contribution is 8.76. The number of carbonyl (C=O) groups excluding carboxylic acids is 2. The number of hydrogen-bond acceptors (Lipinski definition) is 4. The first-order valence-corrected chi connectivity index (χ1v) is 11.5. The molecule has 2 aromatic rings. The van der Waals surface area contributed by atoms with Gasteiger partial charge in [-0.1, -0.05) is 45.9 Å². The number of benzene rings is 2. The van der Waals surface area contributed by atoms with Gasteiger partial charge in [-0.05, 0) is 52.0 Å². The number of amides is 2. The van der Waals surface area contributed by atoms with Crippen molar-refractivity contribution in [2.24, 2.45) is 0 Å². The average molecular weight is 417 g/mol. The number of carbonyl (C=O) groups is 2. The first-order valence-electron chi connectivity index (χ1n) is 9.31. The first kappa shape index (κ1) is 22.4. The lowest BCUT2D eigenvalue weighted by Crippen LogP contribution is -2.33. The lowest BCUT2D eigenvalue weighted by atomic mass is 10.2. The lowest BCUT2D eigenvalue weighted by Gasteiger charge is -2.23. The van der Waals surface area contributed by atoms with E-state index in [9.17, 15) is 9.59 Å². The summed E-state index contributed by atoms with van der Waals surface area (Å²) in [5.74, 6) is 0.00482. The third-order valence-electron chi connectivity index (χ3n) is 4.65. The molecule has 28 heavy (non-hydrogen) atoms. The SMILES string of the molecule is CC(C)N(C)C(=O)c1ccccc1SSc1ccccc1C(=O)N(C)C(C)C. The van der Waals surface area contributed by atoms with E-state index in [1.165, 1.54) is 21.6 Å². The highest BCUT2D eigenvalue weighted by atomic mass is 33.1. The summed E-state index contributed by atoms with van der Waals surface area (Å²) in [7, 11) is 6.65. The fourth-order valence-corrected chi connectivity index (χ4v) is 4.72. The third-order valence-corrected chi connectivity index (χ3v) is 7.13. The molecule has 0 N–H and O–H groups in total. The molecule has 0 aliphatic rings. The van der Waals surface area contributed by atoms with Crippen molar-refractivity contribution in [2.75, 3.05) is 14.1 Å². The zero-order chi connectivity index (χ0) is 20.8. The van der Waals surface area contributed by atoms with Crippen LogP contribution in [0.5, 0.6) is 0 Å². The van der Waals surface area contributed by atoms with Crippen LogP contribution in [0.1, 0.15) is 48.4 Å². The van der Waals surface area contributed by atoms with E-state index in [4.69, 9.17) is 0 Å². The maximum Gasteiger partial charge on any atom is 0.254 e. The second-order valence-corrected chi connectivity index (χ2v) is 9.39. The number of rotatable bonds is 7. The Hall–Kier alpha value is -1.92. The van der Waals surface area contributed by atoms with Crippen LogP contribution in [0.4, 0.5) is 0 Å². The van der Waals surface area contributed by atoms with Gasteiger partial charge in [0.05, 0.1) is 11.1 Å².